The molecular weight excluding hydrogens is 160 g/mol. The van der Waals surface area contributed by atoms with E-state index in [0.29, 0.717) is 5.41 Å². The van der Waals surface area contributed by atoms with Crippen molar-refractivity contribution in [3.8, 4) is 0 Å². The molecule has 2 fully saturated rings. The van der Waals surface area contributed by atoms with Crippen LogP contribution < -0.4 is 0 Å². The van der Waals surface area contributed by atoms with Crippen LogP contribution in [0.25, 0.3) is 0 Å². The highest BCUT2D eigenvalue weighted by Crippen LogP contribution is 2.60. The smallest absolute Gasteiger partial charge is 0.0935 e. The lowest BCUT2D eigenvalue weighted by Gasteiger charge is -2.58. The summed E-state index contributed by atoms with van der Waals surface area (Å²) in [5.74, 6) is 2.06. The summed E-state index contributed by atoms with van der Waals surface area (Å²) in [6, 6.07) is 0. The van der Waals surface area contributed by atoms with Crippen LogP contribution in [0.5, 0.6) is 0 Å². The molecule has 2 saturated carbocycles. The van der Waals surface area contributed by atoms with Crippen molar-refractivity contribution in [2.45, 2.75) is 38.5 Å². The van der Waals surface area contributed by atoms with Gasteiger partial charge in [0.25, 0.3) is 0 Å². The molecule has 0 aromatic rings. The van der Waals surface area contributed by atoms with Crippen LogP contribution in [0, 0.1) is 17.3 Å². The highest BCUT2D eigenvalue weighted by Gasteiger charge is 2.53. The first-order valence-corrected chi connectivity index (χ1v) is 5.67. The number of rotatable bonds is 0. The minimum absolute atomic E-state index is 0.583. The summed E-state index contributed by atoms with van der Waals surface area (Å²) in [5, 5.41) is 0. The molecule has 1 heteroatoms. The summed E-state index contributed by atoms with van der Waals surface area (Å²) in [7, 11) is 0. The zero-order valence-corrected chi connectivity index (χ0v) is 8.17. The van der Waals surface area contributed by atoms with Crippen molar-refractivity contribution in [2.24, 2.45) is 17.3 Å². The Hall–Kier alpha value is -0.460. The Morgan fingerprint density at radius 3 is 2.92 bits per heavy atom. The Labute approximate surface area is 80.2 Å². The maximum absolute atomic E-state index is 5.50. The van der Waals surface area contributed by atoms with Gasteiger partial charge < -0.3 is 4.74 Å². The van der Waals surface area contributed by atoms with Gasteiger partial charge >= 0.3 is 0 Å². The highest BCUT2D eigenvalue weighted by molar-refractivity contribution is 5.07. The molecule has 0 amide bonds. The third kappa shape index (κ3) is 1.06. The van der Waals surface area contributed by atoms with Crippen LogP contribution in [0.4, 0.5) is 0 Å². The molecule has 0 radical (unpaired) electrons. The summed E-state index contributed by atoms with van der Waals surface area (Å²) >= 11 is 0. The lowest BCUT2D eigenvalue weighted by Crippen LogP contribution is -2.52. The van der Waals surface area contributed by atoms with Crippen molar-refractivity contribution in [1.29, 1.82) is 0 Å². The molecule has 1 aliphatic heterocycles. The second kappa shape index (κ2) is 2.76. The fourth-order valence-corrected chi connectivity index (χ4v) is 3.80. The van der Waals surface area contributed by atoms with E-state index >= 15 is 0 Å². The van der Waals surface area contributed by atoms with E-state index in [9.17, 15) is 0 Å². The fourth-order valence-electron chi connectivity index (χ4n) is 3.80. The van der Waals surface area contributed by atoms with Gasteiger partial charge in [-0.15, -0.1) is 0 Å². The molecule has 72 valence electrons. The van der Waals surface area contributed by atoms with Crippen molar-refractivity contribution in [3.63, 3.8) is 0 Å². The molecule has 1 nitrogen and oxygen atoms in total. The Morgan fingerprint density at radius 2 is 2.15 bits per heavy atom. The van der Waals surface area contributed by atoms with Crippen LogP contribution >= 0.6 is 0 Å². The molecule has 0 aromatic heterocycles. The maximum Gasteiger partial charge on any atom is 0.0935 e. The van der Waals surface area contributed by atoms with Gasteiger partial charge in [0, 0.05) is 5.41 Å². The monoisotopic (exact) mass is 178 g/mol. The van der Waals surface area contributed by atoms with Crippen LogP contribution in [-0.2, 0) is 4.74 Å². The van der Waals surface area contributed by atoms with Gasteiger partial charge in [0.2, 0.25) is 0 Å². The van der Waals surface area contributed by atoms with Gasteiger partial charge in [-0.3, -0.25) is 0 Å². The number of fused-ring (bicyclic) bond motifs is 2. The van der Waals surface area contributed by atoms with Crippen LogP contribution in [0.15, 0.2) is 12.3 Å². The lowest BCUT2D eigenvalue weighted by molar-refractivity contribution is -0.111. The second-order valence-corrected chi connectivity index (χ2v) is 5.10. The van der Waals surface area contributed by atoms with Gasteiger partial charge in [0.05, 0.1) is 12.9 Å². The average molecular weight is 178 g/mol. The molecule has 3 unspecified atom stereocenters. The number of ether oxygens (including phenoxy) is 1. The van der Waals surface area contributed by atoms with Gasteiger partial charge in [-0.25, -0.2) is 0 Å². The van der Waals surface area contributed by atoms with E-state index in [1.54, 1.807) is 0 Å². The number of hydrogen-bond acceptors (Lipinski definition) is 1. The normalized spacial score (nSPS) is 48.0. The van der Waals surface area contributed by atoms with E-state index in [2.05, 4.69) is 6.08 Å². The van der Waals surface area contributed by atoms with E-state index in [0.717, 1.165) is 18.4 Å². The third-order valence-corrected chi connectivity index (χ3v) is 4.45. The SMILES string of the molecule is C1=COCC2(C1)CC1CCCCC12. The molecule has 0 N–H and O–H groups in total. The van der Waals surface area contributed by atoms with Crippen molar-refractivity contribution in [2.75, 3.05) is 6.61 Å². The van der Waals surface area contributed by atoms with Crippen LogP contribution in [-0.4, -0.2) is 6.61 Å². The van der Waals surface area contributed by atoms with Crippen molar-refractivity contribution < 1.29 is 4.74 Å². The summed E-state index contributed by atoms with van der Waals surface area (Å²) in [6.07, 6.45) is 12.8. The molecule has 0 bridgehead atoms. The van der Waals surface area contributed by atoms with E-state index in [4.69, 9.17) is 4.74 Å². The molecule has 0 saturated heterocycles. The van der Waals surface area contributed by atoms with Crippen LogP contribution in [0.3, 0.4) is 0 Å². The van der Waals surface area contributed by atoms with Crippen LogP contribution in [0.2, 0.25) is 0 Å². The standard InChI is InChI=1S/C12H18O/c1-2-5-11-10(4-1)8-12(11)6-3-7-13-9-12/h3,7,10-11H,1-2,4-6,8-9H2. The molecule has 3 aliphatic rings. The van der Waals surface area contributed by atoms with E-state index in [-0.39, 0.29) is 0 Å². The van der Waals surface area contributed by atoms with E-state index < -0.39 is 0 Å². The molecular formula is C12H18O. The predicted octanol–water partition coefficient (Wildman–Crippen LogP) is 3.12. The minimum Gasteiger partial charge on any atom is -0.501 e. The molecule has 2 aliphatic carbocycles. The quantitative estimate of drug-likeness (QED) is 0.554. The van der Waals surface area contributed by atoms with Gasteiger partial charge in [0.1, 0.15) is 0 Å². The van der Waals surface area contributed by atoms with Gasteiger partial charge in [-0.1, -0.05) is 19.3 Å². The Bertz CT molecular complexity index is 233. The van der Waals surface area contributed by atoms with Crippen LogP contribution in [0.1, 0.15) is 38.5 Å². The maximum atomic E-state index is 5.50. The first-order valence-electron chi connectivity index (χ1n) is 5.67. The fraction of sp³-hybridized carbons (Fsp3) is 0.833. The zero-order chi connectivity index (χ0) is 8.73. The Kier molecular flexibility index (Phi) is 1.68. The van der Waals surface area contributed by atoms with Crippen molar-refractivity contribution >= 4 is 0 Å². The number of hydrogen-bond donors (Lipinski definition) is 0. The Morgan fingerprint density at radius 1 is 1.23 bits per heavy atom. The molecule has 0 aromatic carbocycles. The summed E-state index contributed by atoms with van der Waals surface area (Å²) in [4.78, 5) is 0. The summed E-state index contributed by atoms with van der Waals surface area (Å²) in [6.45, 7) is 1.00. The van der Waals surface area contributed by atoms with Gasteiger partial charge in [-0.05, 0) is 37.2 Å². The number of allylic oxidation sites excluding steroid dienone is 1. The van der Waals surface area contributed by atoms with Gasteiger partial charge in [0.15, 0.2) is 0 Å². The molecule has 3 rings (SSSR count). The first kappa shape index (κ1) is 7.90. The van der Waals surface area contributed by atoms with E-state index in [1.807, 2.05) is 6.26 Å². The van der Waals surface area contributed by atoms with Crippen molar-refractivity contribution in [1.82, 2.24) is 0 Å². The summed E-state index contributed by atoms with van der Waals surface area (Å²) < 4.78 is 5.50. The third-order valence-electron chi connectivity index (χ3n) is 4.45. The second-order valence-electron chi connectivity index (χ2n) is 5.10. The predicted molar refractivity (Wildman–Crippen MR) is 52.2 cm³/mol. The topological polar surface area (TPSA) is 9.23 Å². The molecule has 13 heavy (non-hydrogen) atoms. The minimum atomic E-state index is 0.583. The largest absolute Gasteiger partial charge is 0.501 e. The average Bonchev–Trinajstić information content (AvgIpc) is 2.18. The highest BCUT2D eigenvalue weighted by atomic mass is 16.5. The summed E-state index contributed by atoms with van der Waals surface area (Å²) in [5.41, 5.74) is 0.583. The van der Waals surface area contributed by atoms with Crippen molar-refractivity contribution in [3.05, 3.63) is 12.3 Å². The lowest BCUT2D eigenvalue weighted by atomic mass is 9.48. The van der Waals surface area contributed by atoms with E-state index in [1.165, 1.54) is 38.5 Å². The molecule has 3 atom stereocenters. The Balaban J connectivity index is 1.76. The molecule has 1 heterocycles. The molecule has 1 spiro atoms. The van der Waals surface area contributed by atoms with Gasteiger partial charge in [-0.2, -0.15) is 0 Å². The zero-order valence-electron chi connectivity index (χ0n) is 8.17. The first-order chi connectivity index (χ1) is 6.41.